The van der Waals surface area contributed by atoms with E-state index in [0.717, 1.165) is 16.8 Å². The Labute approximate surface area is 186 Å². The van der Waals surface area contributed by atoms with Gasteiger partial charge in [-0.1, -0.05) is 30.3 Å². The average Bonchev–Trinajstić information content (AvgIpc) is 2.71. The number of piperidine rings is 1. The Morgan fingerprint density at radius 3 is 2.39 bits per heavy atom. The Balaban J connectivity index is 1.63. The van der Waals surface area contributed by atoms with Gasteiger partial charge in [0.2, 0.25) is 15.9 Å². The second-order valence-electron chi connectivity index (χ2n) is 8.62. The third-order valence-corrected chi connectivity index (χ3v) is 7.90. The number of carbonyl (C=O) groups excluding carboxylic acids is 1. The van der Waals surface area contributed by atoms with Crippen molar-refractivity contribution in [2.45, 2.75) is 57.5 Å². The summed E-state index contributed by atoms with van der Waals surface area (Å²) in [5.74, 6) is -0.0409. The monoisotopic (exact) mass is 443 g/mol. The van der Waals surface area contributed by atoms with Crippen molar-refractivity contribution in [3.05, 3.63) is 59.7 Å². The van der Waals surface area contributed by atoms with Crippen LogP contribution in [0.2, 0.25) is 0 Å². The first-order chi connectivity index (χ1) is 14.7. The topological polar surface area (TPSA) is 69.7 Å². The van der Waals surface area contributed by atoms with E-state index < -0.39 is 10.0 Å². The minimum absolute atomic E-state index is 0.0409. The van der Waals surface area contributed by atoms with E-state index in [0.29, 0.717) is 37.4 Å². The molecule has 31 heavy (non-hydrogen) atoms. The van der Waals surface area contributed by atoms with Crippen molar-refractivity contribution < 1.29 is 13.2 Å². The number of benzene rings is 2. The summed E-state index contributed by atoms with van der Waals surface area (Å²) in [4.78, 5) is 14.9. The molecular weight excluding hydrogens is 410 g/mol. The molecule has 0 radical (unpaired) electrons. The van der Waals surface area contributed by atoms with Gasteiger partial charge < -0.3 is 5.32 Å². The molecule has 1 heterocycles. The van der Waals surface area contributed by atoms with Crippen molar-refractivity contribution in [2.24, 2.45) is 0 Å². The summed E-state index contributed by atoms with van der Waals surface area (Å²) < 4.78 is 28.4. The number of nitrogens with zero attached hydrogens (tertiary/aromatic N) is 2. The van der Waals surface area contributed by atoms with Crippen LogP contribution in [0.5, 0.6) is 0 Å². The second-order valence-corrected chi connectivity index (χ2v) is 10.5. The molecule has 0 spiro atoms. The number of nitrogens with one attached hydrogen (secondary N) is 1. The lowest BCUT2D eigenvalue weighted by atomic mass is 10.0. The van der Waals surface area contributed by atoms with Gasteiger partial charge in [0.1, 0.15) is 0 Å². The fraction of sp³-hybridized carbons (Fsp3) is 0.458. The van der Waals surface area contributed by atoms with Gasteiger partial charge in [0.15, 0.2) is 0 Å². The number of carbonyl (C=O) groups is 1. The molecule has 2 aromatic carbocycles. The van der Waals surface area contributed by atoms with Crippen LogP contribution in [0.4, 0.5) is 5.69 Å². The number of hydrogen-bond acceptors (Lipinski definition) is 4. The molecule has 0 atom stereocenters. The van der Waals surface area contributed by atoms with Gasteiger partial charge in [-0.3, -0.25) is 9.69 Å². The van der Waals surface area contributed by atoms with Crippen molar-refractivity contribution >= 4 is 21.6 Å². The molecule has 0 bridgehead atoms. The van der Waals surface area contributed by atoms with E-state index in [1.54, 1.807) is 22.5 Å². The van der Waals surface area contributed by atoms with Crippen LogP contribution in [0.25, 0.3) is 0 Å². The van der Waals surface area contributed by atoms with Crippen molar-refractivity contribution in [1.29, 1.82) is 0 Å². The molecule has 1 fully saturated rings. The molecule has 1 saturated heterocycles. The highest BCUT2D eigenvalue weighted by Crippen LogP contribution is 2.27. The summed E-state index contributed by atoms with van der Waals surface area (Å²) in [6.07, 6.45) is 1.42. The predicted octanol–water partition coefficient (Wildman–Crippen LogP) is 3.81. The van der Waals surface area contributed by atoms with Crippen LogP contribution in [0.1, 0.15) is 37.8 Å². The quantitative estimate of drug-likeness (QED) is 0.707. The van der Waals surface area contributed by atoms with Crippen LogP contribution in [0.3, 0.4) is 0 Å². The Morgan fingerprint density at radius 1 is 1.10 bits per heavy atom. The summed E-state index contributed by atoms with van der Waals surface area (Å²) >= 11 is 0. The van der Waals surface area contributed by atoms with Crippen LogP contribution in [-0.2, 0) is 14.8 Å². The zero-order valence-corrected chi connectivity index (χ0v) is 19.7. The van der Waals surface area contributed by atoms with E-state index in [-0.39, 0.29) is 18.0 Å². The first-order valence-electron chi connectivity index (χ1n) is 10.9. The van der Waals surface area contributed by atoms with Gasteiger partial charge in [0.25, 0.3) is 0 Å². The summed E-state index contributed by atoms with van der Waals surface area (Å²) in [6.45, 7) is 9.42. The second kappa shape index (κ2) is 9.94. The molecule has 0 unspecified atom stereocenters. The lowest BCUT2D eigenvalue weighted by Gasteiger charge is -2.39. The van der Waals surface area contributed by atoms with Gasteiger partial charge in [0, 0.05) is 30.9 Å². The van der Waals surface area contributed by atoms with Crippen molar-refractivity contribution in [2.75, 3.05) is 25.0 Å². The fourth-order valence-corrected chi connectivity index (χ4v) is 6.22. The number of amides is 1. The predicted molar refractivity (Wildman–Crippen MR) is 125 cm³/mol. The van der Waals surface area contributed by atoms with Crippen LogP contribution in [0, 0.1) is 13.8 Å². The van der Waals surface area contributed by atoms with E-state index in [1.165, 1.54) is 0 Å². The van der Waals surface area contributed by atoms with Crippen LogP contribution >= 0.6 is 0 Å². The molecule has 0 aromatic heterocycles. The summed E-state index contributed by atoms with van der Waals surface area (Å²) in [6, 6.07) is 14.6. The highest BCUT2D eigenvalue weighted by molar-refractivity contribution is 7.89. The van der Waals surface area contributed by atoms with Crippen molar-refractivity contribution in [1.82, 2.24) is 9.21 Å². The van der Waals surface area contributed by atoms with Crippen molar-refractivity contribution in [3.63, 3.8) is 0 Å². The average molecular weight is 444 g/mol. The largest absolute Gasteiger partial charge is 0.325 e. The SMILES string of the molecule is Cc1cccc(S(=O)(=O)N(C(C)C)C2CCN(CC(=O)Nc3ccccc3C)CC2)c1. The molecule has 0 saturated carbocycles. The third kappa shape index (κ3) is 5.73. The first-order valence-corrected chi connectivity index (χ1v) is 12.3. The van der Waals surface area contributed by atoms with Crippen molar-refractivity contribution in [3.8, 4) is 0 Å². The molecule has 1 aliphatic heterocycles. The van der Waals surface area contributed by atoms with Crippen LogP contribution in [0.15, 0.2) is 53.4 Å². The molecule has 3 rings (SSSR count). The molecule has 1 aliphatic rings. The van der Waals surface area contributed by atoms with E-state index in [1.807, 2.05) is 58.0 Å². The van der Waals surface area contributed by atoms with Gasteiger partial charge in [-0.2, -0.15) is 4.31 Å². The maximum absolute atomic E-state index is 13.4. The number of para-hydroxylation sites is 1. The minimum Gasteiger partial charge on any atom is -0.325 e. The number of hydrogen-bond donors (Lipinski definition) is 1. The molecule has 0 aliphatic carbocycles. The Morgan fingerprint density at radius 2 is 1.77 bits per heavy atom. The van der Waals surface area contributed by atoms with E-state index in [2.05, 4.69) is 10.2 Å². The molecule has 1 N–H and O–H groups in total. The number of likely N-dealkylation sites (tertiary alicyclic amines) is 1. The number of sulfonamides is 1. The zero-order valence-electron chi connectivity index (χ0n) is 18.8. The molecular formula is C24H33N3O3S. The normalized spacial score (nSPS) is 16.1. The molecule has 6 nitrogen and oxygen atoms in total. The zero-order chi connectivity index (χ0) is 22.6. The Bertz CT molecular complexity index is 1010. The van der Waals surface area contributed by atoms with Gasteiger partial charge in [-0.15, -0.1) is 0 Å². The highest BCUT2D eigenvalue weighted by Gasteiger charge is 2.35. The lowest BCUT2D eigenvalue weighted by Crippen LogP contribution is -2.51. The number of aryl methyl sites for hydroxylation is 2. The van der Waals surface area contributed by atoms with E-state index in [9.17, 15) is 13.2 Å². The molecule has 1 amide bonds. The first kappa shape index (κ1) is 23.4. The highest BCUT2D eigenvalue weighted by atomic mass is 32.2. The molecule has 7 heteroatoms. The van der Waals surface area contributed by atoms with Crippen LogP contribution < -0.4 is 5.32 Å². The van der Waals surface area contributed by atoms with E-state index >= 15 is 0 Å². The smallest absolute Gasteiger partial charge is 0.243 e. The lowest BCUT2D eigenvalue weighted by molar-refractivity contribution is -0.117. The minimum atomic E-state index is -3.57. The van der Waals surface area contributed by atoms with Gasteiger partial charge in [-0.05, 0) is 69.9 Å². The third-order valence-electron chi connectivity index (χ3n) is 5.78. The number of rotatable bonds is 7. The summed E-state index contributed by atoms with van der Waals surface area (Å²) in [5, 5.41) is 2.97. The maximum atomic E-state index is 13.4. The standard InChI is InChI=1S/C24H33N3O3S/c1-18(2)27(31(29,30)22-10-7-8-19(3)16-22)21-12-14-26(15-13-21)17-24(28)25-23-11-6-5-9-20(23)4/h5-11,16,18,21H,12-15,17H2,1-4H3,(H,25,28). The number of anilines is 1. The van der Waals surface area contributed by atoms with Gasteiger partial charge in [0.05, 0.1) is 11.4 Å². The van der Waals surface area contributed by atoms with Crippen LogP contribution in [-0.4, -0.2) is 55.2 Å². The summed E-state index contributed by atoms with van der Waals surface area (Å²) in [5.41, 5.74) is 2.79. The van der Waals surface area contributed by atoms with Gasteiger partial charge in [-0.25, -0.2) is 8.42 Å². The molecule has 168 valence electrons. The van der Waals surface area contributed by atoms with E-state index in [4.69, 9.17) is 0 Å². The Hall–Kier alpha value is -2.22. The maximum Gasteiger partial charge on any atom is 0.243 e. The Kier molecular flexibility index (Phi) is 7.51. The van der Waals surface area contributed by atoms with Gasteiger partial charge >= 0.3 is 0 Å². The fourth-order valence-electron chi connectivity index (χ4n) is 4.23. The molecule has 2 aromatic rings. The summed E-state index contributed by atoms with van der Waals surface area (Å²) in [7, 11) is -3.57.